The SMILES string of the molecule is COc1ccc(OC)c(C(=O)CN2CC3CC(C2)c2cccc(=O)n2C3)c1.Cl. The summed E-state index contributed by atoms with van der Waals surface area (Å²) >= 11 is 0. The second-order valence-corrected chi connectivity index (χ2v) is 7.38. The number of hydrogen-bond donors (Lipinski definition) is 0. The van der Waals surface area contributed by atoms with Crippen LogP contribution in [0, 0.1) is 5.92 Å². The van der Waals surface area contributed by atoms with Gasteiger partial charge in [0.1, 0.15) is 11.5 Å². The molecule has 3 heterocycles. The van der Waals surface area contributed by atoms with Crippen LogP contribution in [0.4, 0.5) is 0 Å². The molecule has 0 spiro atoms. The third-order valence-corrected chi connectivity index (χ3v) is 5.63. The van der Waals surface area contributed by atoms with Crippen molar-refractivity contribution >= 4 is 18.2 Å². The number of ketones is 1. The zero-order chi connectivity index (χ0) is 19.0. The number of ether oxygens (including phenoxy) is 2. The van der Waals surface area contributed by atoms with E-state index in [2.05, 4.69) is 4.90 Å². The molecule has 2 unspecified atom stereocenters. The Bertz CT molecular complexity index is 927. The molecule has 0 amide bonds. The highest BCUT2D eigenvalue weighted by Gasteiger charge is 2.35. The van der Waals surface area contributed by atoms with Crippen LogP contribution in [-0.4, -0.2) is 49.1 Å². The minimum Gasteiger partial charge on any atom is -0.497 e. The average molecular weight is 405 g/mol. The smallest absolute Gasteiger partial charge is 0.250 e. The third-order valence-electron chi connectivity index (χ3n) is 5.63. The first kappa shape index (κ1) is 20.4. The van der Waals surface area contributed by atoms with Crippen molar-refractivity contribution in [1.29, 1.82) is 0 Å². The lowest BCUT2D eigenvalue weighted by Crippen LogP contribution is -2.48. The summed E-state index contributed by atoms with van der Waals surface area (Å²) in [6.45, 7) is 2.69. The molecule has 1 saturated heterocycles. The van der Waals surface area contributed by atoms with Gasteiger partial charge in [0.25, 0.3) is 5.56 Å². The van der Waals surface area contributed by atoms with Crippen LogP contribution >= 0.6 is 12.4 Å². The molecular formula is C21H25ClN2O4. The molecule has 0 radical (unpaired) electrons. The van der Waals surface area contributed by atoms with Crippen molar-refractivity contribution in [2.24, 2.45) is 5.92 Å². The van der Waals surface area contributed by atoms with E-state index in [1.807, 2.05) is 16.7 Å². The average Bonchev–Trinajstić information content (AvgIpc) is 2.68. The van der Waals surface area contributed by atoms with Crippen molar-refractivity contribution < 1.29 is 14.3 Å². The minimum absolute atomic E-state index is 0. The van der Waals surface area contributed by atoms with Gasteiger partial charge in [0.15, 0.2) is 5.78 Å². The van der Waals surface area contributed by atoms with Crippen molar-refractivity contribution in [1.82, 2.24) is 9.47 Å². The van der Waals surface area contributed by atoms with Crippen LogP contribution in [-0.2, 0) is 6.54 Å². The zero-order valence-electron chi connectivity index (χ0n) is 16.1. The molecule has 0 N–H and O–H groups in total. The van der Waals surface area contributed by atoms with Crippen molar-refractivity contribution in [3.8, 4) is 11.5 Å². The van der Waals surface area contributed by atoms with Crippen molar-refractivity contribution in [3.63, 3.8) is 0 Å². The van der Waals surface area contributed by atoms with Gasteiger partial charge in [-0.25, -0.2) is 0 Å². The lowest BCUT2D eigenvalue weighted by molar-refractivity contribution is 0.0814. The van der Waals surface area contributed by atoms with Crippen LogP contribution < -0.4 is 15.0 Å². The van der Waals surface area contributed by atoms with Crippen LogP contribution in [0.1, 0.15) is 28.4 Å². The number of fused-ring (bicyclic) bond motifs is 4. The van der Waals surface area contributed by atoms with E-state index in [0.717, 1.165) is 31.7 Å². The highest BCUT2D eigenvalue weighted by molar-refractivity contribution is 6.00. The predicted molar refractivity (Wildman–Crippen MR) is 109 cm³/mol. The molecule has 0 saturated carbocycles. The Labute approximate surface area is 170 Å². The fourth-order valence-corrected chi connectivity index (χ4v) is 4.44. The Morgan fingerprint density at radius 2 is 1.93 bits per heavy atom. The molecule has 2 aromatic rings. The van der Waals surface area contributed by atoms with Gasteiger partial charge in [0, 0.05) is 37.3 Å². The van der Waals surface area contributed by atoms with Gasteiger partial charge in [0.2, 0.25) is 0 Å². The number of benzene rings is 1. The van der Waals surface area contributed by atoms with Gasteiger partial charge in [-0.3, -0.25) is 14.5 Å². The van der Waals surface area contributed by atoms with Gasteiger partial charge in [-0.2, -0.15) is 0 Å². The lowest BCUT2D eigenvalue weighted by Gasteiger charge is -2.42. The van der Waals surface area contributed by atoms with Crippen LogP contribution in [0.25, 0.3) is 0 Å². The molecule has 1 fully saturated rings. The number of carbonyl (C=O) groups excluding carboxylic acids is 1. The molecule has 1 aromatic carbocycles. The molecule has 0 aliphatic carbocycles. The summed E-state index contributed by atoms with van der Waals surface area (Å²) in [6, 6.07) is 10.8. The molecule has 2 bridgehead atoms. The Morgan fingerprint density at radius 3 is 2.68 bits per heavy atom. The van der Waals surface area contributed by atoms with Crippen molar-refractivity contribution in [2.75, 3.05) is 33.9 Å². The largest absolute Gasteiger partial charge is 0.497 e. The van der Waals surface area contributed by atoms with Crippen LogP contribution in [0.3, 0.4) is 0 Å². The van der Waals surface area contributed by atoms with E-state index in [0.29, 0.717) is 35.4 Å². The number of Topliss-reactive ketones (excluding diaryl/α,β-unsaturated/α-hetero) is 1. The highest BCUT2D eigenvalue weighted by atomic mass is 35.5. The molecule has 2 aliphatic heterocycles. The maximum atomic E-state index is 12.9. The number of methoxy groups -OCH3 is 2. The van der Waals surface area contributed by atoms with E-state index in [1.165, 1.54) is 0 Å². The monoisotopic (exact) mass is 404 g/mol. The Kier molecular flexibility index (Phi) is 6.10. The Hall–Kier alpha value is -2.31. The number of hydrogen-bond acceptors (Lipinski definition) is 5. The molecular weight excluding hydrogens is 380 g/mol. The number of carbonyl (C=O) groups is 1. The van der Waals surface area contributed by atoms with Crippen LogP contribution in [0.15, 0.2) is 41.2 Å². The second kappa shape index (κ2) is 8.37. The summed E-state index contributed by atoms with van der Waals surface area (Å²) in [5.74, 6) is 1.93. The second-order valence-electron chi connectivity index (χ2n) is 7.38. The third kappa shape index (κ3) is 3.80. The maximum absolute atomic E-state index is 12.9. The first-order valence-corrected chi connectivity index (χ1v) is 9.26. The summed E-state index contributed by atoms with van der Waals surface area (Å²) in [4.78, 5) is 27.3. The summed E-state index contributed by atoms with van der Waals surface area (Å²) in [5, 5.41) is 0. The summed E-state index contributed by atoms with van der Waals surface area (Å²) in [7, 11) is 3.15. The van der Waals surface area contributed by atoms with Gasteiger partial charge in [-0.1, -0.05) is 6.07 Å². The maximum Gasteiger partial charge on any atom is 0.250 e. The number of pyridine rings is 1. The molecule has 28 heavy (non-hydrogen) atoms. The zero-order valence-corrected chi connectivity index (χ0v) is 16.9. The van der Waals surface area contributed by atoms with Crippen molar-refractivity contribution in [2.45, 2.75) is 18.9 Å². The number of aromatic nitrogens is 1. The molecule has 150 valence electrons. The Morgan fingerprint density at radius 1 is 1.11 bits per heavy atom. The number of likely N-dealkylation sites (tertiary alicyclic amines) is 1. The normalized spacial score (nSPS) is 20.6. The van der Waals surface area contributed by atoms with Gasteiger partial charge < -0.3 is 14.0 Å². The van der Waals surface area contributed by atoms with E-state index >= 15 is 0 Å². The van der Waals surface area contributed by atoms with Gasteiger partial charge in [-0.15, -0.1) is 12.4 Å². The van der Waals surface area contributed by atoms with E-state index in [1.54, 1.807) is 38.5 Å². The highest BCUT2D eigenvalue weighted by Crippen LogP contribution is 2.35. The summed E-state index contributed by atoms with van der Waals surface area (Å²) in [5.41, 5.74) is 1.71. The summed E-state index contributed by atoms with van der Waals surface area (Å²) in [6.07, 6.45) is 1.08. The number of halogens is 1. The van der Waals surface area contributed by atoms with Crippen molar-refractivity contribution in [3.05, 3.63) is 58.0 Å². The van der Waals surface area contributed by atoms with E-state index in [-0.39, 0.29) is 23.7 Å². The van der Waals surface area contributed by atoms with Gasteiger partial charge >= 0.3 is 0 Å². The first-order valence-electron chi connectivity index (χ1n) is 9.26. The molecule has 4 rings (SSSR count). The van der Waals surface area contributed by atoms with Crippen LogP contribution in [0.5, 0.6) is 11.5 Å². The molecule has 2 aliphatic rings. The van der Waals surface area contributed by atoms with E-state index in [9.17, 15) is 9.59 Å². The molecule has 7 heteroatoms. The van der Waals surface area contributed by atoms with E-state index in [4.69, 9.17) is 9.47 Å². The standard InChI is InChI=1S/C21H24N2O4.ClH/c1-26-16-6-7-20(27-2)17(9-16)19(24)13-22-10-14-8-15(12-22)18-4-3-5-21(25)23(18)11-14;/h3-7,9,14-15H,8,10-13H2,1-2H3;1H. The van der Waals surface area contributed by atoms with Gasteiger partial charge in [-0.05, 0) is 36.6 Å². The number of rotatable bonds is 5. The minimum atomic E-state index is 0. The lowest BCUT2D eigenvalue weighted by atomic mass is 9.83. The van der Waals surface area contributed by atoms with E-state index < -0.39 is 0 Å². The quantitative estimate of drug-likeness (QED) is 0.717. The first-order chi connectivity index (χ1) is 13.1. The fourth-order valence-electron chi connectivity index (χ4n) is 4.44. The molecule has 2 atom stereocenters. The number of nitrogens with zero attached hydrogens (tertiary/aromatic N) is 2. The molecule has 1 aromatic heterocycles. The van der Waals surface area contributed by atoms with Crippen LogP contribution in [0.2, 0.25) is 0 Å². The predicted octanol–water partition coefficient (Wildman–Crippen LogP) is 2.59. The summed E-state index contributed by atoms with van der Waals surface area (Å²) < 4.78 is 12.5. The Balaban J connectivity index is 0.00000225. The topological polar surface area (TPSA) is 60.8 Å². The van der Waals surface area contributed by atoms with Gasteiger partial charge in [0.05, 0.1) is 26.3 Å². The number of piperidine rings is 1. The molecule has 6 nitrogen and oxygen atoms in total. The fraction of sp³-hybridized carbons (Fsp3) is 0.429.